The number of carbonyl (C=O) groups excluding carboxylic acids is 1. The van der Waals surface area contributed by atoms with Gasteiger partial charge in [-0.2, -0.15) is 5.26 Å². The molecule has 0 bridgehead atoms. The maximum atomic E-state index is 11.6. The van der Waals surface area contributed by atoms with Crippen LogP contribution in [0.4, 0.5) is 5.82 Å². The van der Waals surface area contributed by atoms with Gasteiger partial charge in [0.15, 0.2) is 5.69 Å². The van der Waals surface area contributed by atoms with Crippen LogP contribution in [-0.4, -0.2) is 28.0 Å². The Balaban J connectivity index is 2.58. The molecule has 1 aromatic heterocycles. The lowest BCUT2D eigenvalue weighted by atomic mass is 10.3. The molecular weight excluding hydrogens is 218 g/mol. The third-order valence-corrected chi connectivity index (χ3v) is 1.95. The molecule has 0 aliphatic rings. The molecule has 0 aliphatic carbocycles. The summed E-state index contributed by atoms with van der Waals surface area (Å²) in [5.41, 5.74) is 0.245. The topological polar surface area (TPSA) is 90.7 Å². The SMILES string of the molecule is CC(C)NC(=O)C(C)Nc1cnc(C#N)cn1. The summed E-state index contributed by atoms with van der Waals surface area (Å²) in [6, 6.07) is 1.57. The molecule has 0 radical (unpaired) electrons. The first-order valence-corrected chi connectivity index (χ1v) is 5.32. The Morgan fingerprint density at radius 2 is 2.06 bits per heavy atom. The Morgan fingerprint density at radius 1 is 1.35 bits per heavy atom. The fourth-order valence-electron chi connectivity index (χ4n) is 1.16. The van der Waals surface area contributed by atoms with Gasteiger partial charge in [-0.15, -0.1) is 0 Å². The first-order valence-electron chi connectivity index (χ1n) is 5.32. The maximum absolute atomic E-state index is 11.6. The average molecular weight is 233 g/mol. The Kier molecular flexibility index (Phi) is 4.40. The third-order valence-electron chi connectivity index (χ3n) is 1.95. The van der Waals surface area contributed by atoms with Crippen LogP contribution in [-0.2, 0) is 4.79 Å². The van der Waals surface area contributed by atoms with E-state index in [0.29, 0.717) is 5.82 Å². The van der Waals surface area contributed by atoms with Crippen LogP contribution >= 0.6 is 0 Å². The molecule has 17 heavy (non-hydrogen) atoms. The van der Waals surface area contributed by atoms with Crippen molar-refractivity contribution in [1.29, 1.82) is 5.26 Å². The van der Waals surface area contributed by atoms with Gasteiger partial charge in [0, 0.05) is 6.04 Å². The first kappa shape index (κ1) is 12.9. The van der Waals surface area contributed by atoms with Gasteiger partial charge >= 0.3 is 0 Å². The van der Waals surface area contributed by atoms with Crippen LogP contribution in [0, 0.1) is 11.3 Å². The van der Waals surface area contributed by atoms with E-state index in [1.807, 2.05) is 19.9 Å². The molecular formula is C11H15N5O. The summed E-state index contributed by atoms with van der Waals surface area (Å²) in [7, 11) is 0. The van der Waals surface area contributed by atoms with Crippen LogP contribution in [0.5, 0.6) is 0 Å². The number of nitrogens with zero attached hydrogens (tertiary/aromatic N) is 3. The molecule has 6 nitrogen and oxygen atoms in total. The van der Waals surface area contributed by atoms with Gasteiger partial charge in [-0.1, -0.05) is 0 Å². The van der Waals surface area contributed by atoms with E-state index in [9.17, 15) is 4.79 Å². The second-order valence-corrected chi connectivity index (χ2v) is 3.93. The van der Waals surface area contributed by atoms with Crippen molar-refractivity contribution in [3.63, 3.8) is 0 Å². The zero-order valence-corrected chi connectivity index (χ0v) is 10.1. The molecule has 1 amide bonds. The number of rotatable bonds is 4. The van der Waals surface area contributed by atoms with Gasteiger partial charge < -0.3 is 10.6 Å². The zero-order chi connectivity index (χ0) is 12.8. The number of anilines is 1. The number of carbonyl (C=O) groups is 1. The molecule has 0 saturated heterocycles. The lowest BCUT2D eigenvalue weighted by Crippen LogP contribution is -2.41. The van der Waals surface area contributed by atoms with Gasteiger partial charge in [0.1, 0.15) is 17.9 Å². The number of nitriles is 1. The van der Waals surface area contributed by atoms with Crippen LogP contribution in [0.25, 0.3) is 0 Å². The van der Waals surface area contributed by atoms with Crippen molar-refractivity contribution < 1.29 is 4.79 Å². The van der Waals surface area contributed by atoms with Gasteiger partial charge in [-0.25, -0.2) is 9.97 Å². The Labute approximate surface area is 100 Å². The molecule has 90 valence electrons. The van der Waals surface area contributed by atoms with E-state index < -0.39 is 6.04 Å². The van der Waals surface area contributed by atoms with Crippen molar-refractivity contribution in [1.82, 2.24) is 15.3 Å². The summed E-state index contributed by atoms with van der Waals surface area (Å²) < 4.78 is 0. The predicted octanol–water partition coefficient (Wildman–Crippen LogP) is 0.673. The first-order chi connectivity index (χ1) is 8.02. The molecule has 1 atom stereocenters. The van der Waals surface area contributed by atoms with Gasteiger partial charge in [0.05, 0.1) is 12.4 Å². The fraction of sp³-hybridized carbons (Fsp3) is 0.455. The smallest absolute Gasteiger partial charge is 0.242 e. The fourth-order valence-corrected chi connectivity index (χ4v) is 1.16. The summed E-state index contributed by atoms with van der Waals surface area (Å²) >= 11 is 0. The summed E-state index contributed by atoms with van der Waals surface area (Å²) in [6.07, 6.45) is 2.78. The summed E-state index contributed by atoms with van der Waals surface area (Å²) in [5, 5.41) is 14.2. The van der Waals surface area contributed by atoms with Crippen molar-refractivity contribution >= 4 is 11.7 Å². The monoisotopic (exact) mass is 233 g/mol. The highest BCUT2D eigenvalue weighted by Gasteiger charge is 2.13. The minimum atomic E-state index is -0.403. The highest BCUT2D eigenvalue weighted by molar-refractivity contribution is 5.84. The van der Waals surface area contributed by atoms with Gasteiger partial charge in [0.25, 0.3) is 0 Å². The number of hydrogen-bond acceptors (Lipinski definition) is 5. The zero-order valence-electron chi connectivity index (χ0n) is 10.1. The molecule has 0 fully saturated rings. The van der Waals surface area contributed by atoms with E-state index in [0.717, 1.165) is 0 Å². The molecule has 0 aliphatic heterocycles. The third kappa shape index (κ3) is 4.07. The molecule has 0 aromatic carbocycles. The molecule has 1 aromatic rings. The van der Waals surface area contributed by atoms with E-state index in [-0.39, 0.29) is 17.6 Å². The van der Waals surface area contributed by atoms with Crippen molar-refractivity contribution in [3.8, 4) is 6.07 Å². The standard InChI is InChI=1S/C11H15N5O/c1-7(2)15-11(17)8(3)16-10-6-13-9(4-12)5-14-10/h5-8H,1-3H3,(H,14,16)(H,15,17). The summed E-state index contributed by atoms with van der Waals surface area (Å²) in [4.78, 5) is 19.4. The maximum Gasteiger partial charge on any atom is 0.242 e. The number of hydrogen-bond donors (Lipinski definition) is 2. The van der Waals surface area contributed by atoms with E-state index in [1.54, 1.807) is 6.92 Å². The van der Waals surface area contributed by atoms with Crippen molar-refractivity contribution in [2.45, 2.75) is 32.9 Å². The number of amides is 1. The lowest BCUT2D eigenvalue weighted by molar-refractivity contribution is -0.122. The summed E-state index contributed by atoms with van der Waals surface area (Å²) in [6.45, 7) is 5.52. The molecule has 6 heteroatoms. The quantitative estimate of drug-likeness (QED) is 0.797. The molecule has 0 spiro atoms. The highest BCUT2D eigenvalue weighted by atomic mass is 16.2. The minimum absolute atomic E-state index is 0.0961. The van der Waals surface area contributed by atoms with Gasteiger partial charge in [-0.3, -0.25) is 4.79 Å². The van der Waals surface area contributed by atoms with Gasteiger partial charge in [-0.05, 0) is 20.8 Å². The minimum Gasteiger partial charge on any atom is -0.357 e. The van der Waals surface area contributed by atoms with E-state index in [1.165, 1.54) is 12.4 Å². The average Bonchev–Trinajstić information content (AvgIpc) is 2.29. The second-order valence-electron chi connectivity index (χ2n) is 3.93. The van der Waals surface area contributed by atoms with Crippen LogP contribution < -0.4 is 10.6 Å². The van der Waals surface area contributed by atoms with Crippen molar-refractivity contribution in [2.24, 2.45) is 0 Å². The Bertz CT molecular complexity index is 420. The Morgan fingerprint density at radius 3 is 2.53 bits per heavy atom. The summed E-state index contributed by atoms with van der Waals surface area (Å²) in [5.74, 6) is 0.363. The normalized spacial score (nSPS) is 11.7. The number of aromatic nitrogens is 2. The number of nitrogens with one attached hydrogen (secondary N) is 2. The van der Waals surface area contributed by atoms with Crippen LogP contribution in [0.15, 0.2) is 12.4 Å². The van der Waals surface area contributed by atoms with E-state index in [4.69, 9.17) is 5.26 Å². The lowest BCUT2D eigenvalue weighted by Gasteiger charge is -2.16. The van der Waals surface area contributed by atoms with Crippen LogP contribution in [0.3, 0.4) is 0 Å². The van der Waals surface area contributed by atoms with Gasteiger partial charge in [0.2, 0.25) is 5.91 Å². The molecule has 1 rings (SSSR count). The van der Waals surface area contributed by atoms with Crippen molar-refractivity contribution in [2.75, 3.05) is 5.32 Å². The molecule has 1 heterocycles. The highest BCUT2D eigenvalue weighted by Crippen LogP contribution is 2.02. The molecule has 1 unspecified atom stereocenters. The van der Waals surface area contributed by atoms with E-state index in [2.05, 4.69) is 20.6 Å². The predicted molar refractivity (Wildman–Crippen MR) is 63.1 cm³/mol. The Hall–Kier alpha value is -2.16. The van der Waals surface area contributed by atoms with Crippen molar-refractivity contribution in [3.05, 3.63) is 18.1 Å². The molecule has 0 saturated carbocycles. The largest absolute Gasteiger partial charge is 0.357 e. The van der Waals surface area contributed by atoms with Crippen LogP contribution in [0.2, 0.25) is 0 Å². The second kappa shape index (κ2) is 5.80. The molecule has 2 N–H and O–H groups in total. The van der Waals surface area contributed by atoms with Crippen LogP contribution in [0.1, 0.15) is 26.5 Å². The van der Waals surface area contributed by atoms with E-state index >= 15 is 0 Å².